The first-order valence-electron chi connectivity index (χ1n) is 25.5. The predicted molar refractivity (Wildman–Crippen MR) is 271 cm³/mol. The molecule has 0 saturated carbocycles. The lowest BCUT2D eigenvalue weighted by molar-refractivity contribution is -0.318. The van der Waals surface area contributed by atoms with E-state index < -0.39 is 108 Å². The maximum absolute atomic E-state index is 15.1. The van der Waals surface area contributed by atoms with Gasteiger partial charge in [0.15, 0.2) is 36.2 Å². The fourth-order valence-electron chi connectivity index (χ4n) is 10.8. The Bertz CT molecular complexity index is 2400. The van der Waals surface area contributed by atoms with Crippen molar-refractivity contribution in [2.75, 3.05) is 28.3 Å². The van der Waals surface area contributed by atoms with Crippen molar-refractivity contribution in [1.82, 2.24) is 14.5 Å². The van der Waals surface area contributed by atoms with Gasteiger partial charge < -0.3 is 52.3 Å². The van der Waals surface area contributed by atoms with Gasteiger partial charge in [0.05, 0.1) is 53.1 Å². The van der Waals surface area contributed by atoms with Gasteiger partial charge in [-0.3, -0.25) is 9.59 Å². The number of carbonyl (C=O) groups excluding carboxylic acids is 5. The maximum Gasteiger partial charge on any atom is 0.420 e. The molecule has 0 spiro atoms. The minimum atomic E-state index is -1.66. The topological polar surface area (TPSA) is 199 Å². The number of carbonyl (C=O) groups is 5. The van der Waals surface area contributed by atoms with Gasteiger partial charge in [-0.2, -0.15) is 0 Å². The first-order chi connectivity index (χ1) is 35.0. The number of hydrogen-bond donors (Lipinski definition) is 0. The lowest BCUT2D eigenvalue weighted by atomic mass is 9.76. The number of nitrogens with zero attached hydrogens (tertiary/aromatic N) is 3. The molecule has 0 bridgehead atoms. The summed E-state index contributed by atoms with van der Waals surface area (Å²) in [4.78, 5) is 76.8. The van der Waals surface area contributed by atoms with E-state index in [2.05, 4.69) is 4.98 Å². The van der Waals surface area contributed by atoms with Gasteiger partial charge in [-0.05, 0) is 118 Å². The van der Waals surface area contributed by atoms with Crippen molar-refractivity contribution in [3.63, 3.8) is 0 Å². The summed E-state index contributed by atoms with van der Waals surface area (Å²) in [5, 5.41) is 0. The average molecular weight is 1030 g/mol. The van der Waals surface area contributed by atoms with Crippen molar-refractivity contribution in [1.29, 1.82) is 0 Å². The number of allylic oxidation sites excluding steroid dienone is 1. The number of benzene rings is 2. The average Bonchev–Trinajstić information content (AvgIpc) is 3.93. The van der Waals surface area contributed by atoms with Crippen LogP contribution in [-0.2, 0) is 57.0 Å². The van der Waals surface area contributed by atoms with Gasteiger partial charge in [0.1, 0.15) is 18.0 Å². The van der Waals surface area contributed by atoms with Gasteiger partial charge >= 0.3 is 24.0 Å². The third kappa shape index (κ3) is 13.2. The molecule has 2 fully saturated rings. The van der Waals surface area contributed by atoms with E-state index in [0.717, 1.165) is 4.57 Å². The second-order valence-corrected chi connectivity index (χ2v) is 21.0. The Labute approximate surface area is 435 Å². The number of imidazole rings is 1. The summed E-state index contributed by atoms with van der Waals surface area (Å²) in [6.07, 6.45) is -2.97. The van der Waals surface area contributed by atoms with Crippen LogP contribution in [0, 0.1) is 17.8 Å². The third-order valence-electron chi connectivity index (χ3n) is 15.0. The summed E-state index contributed by atoms with van der Waals surface area (Å²) in [6, 6.07) is 16.9. The van der Waals surface area contributed by atoms with Gasteiger partial charge in [0, 0.05) is 44.9 Å². The summed E-state index contributed by atoms with van der Waals surface area (Å²) >= 11 is 0. The molecule has 2 aromatic carbocycles. The van der Waals surface area contributed by atoms with Gasteiger partial charge in [-0.25, -0.2) is 23.9 Å². The number of aromatic nitrogens is 2. The fraction of sp³-hybridized carbons (Fsp3) is 0.607. The van der Waals surface area contributed by atoms with Crippen LogP contribution in [0.4, 0.5) is 4.79 Å². The summed E-state index contributed by atoms with van der Waals surface area (Å²) in [7, 11) is 6.83. The van der Waals surface area contributed by atoms with Gasteiger partial charge in [0.25, 0.3) is 0 Å². The highest BCUT2D eigenvalue weighted by Gasteiger charge is 2.54. The minimum absolute atomic E-state index is 0.0410. The van der Waals surface area contributed by atoms with Crippen LogP contribution in [0.2, 0.25) is 0 Å². The number of ether oxygens (including phenoxy) is 10. The number of methoxy groups -OCH3 is 2. The van der Waals surface area contributed by atoms with Crippen molar-refractivity contribution in [3.05, 3.63) is 102 Å². The van der Waals surface area contributed by atoms with Crippen LogP contribution in [0.1, 0.15) is 116 Å². The van der Waals surface area contributed by atoms with E-state index in [1.54, 1.807) is 103 Å². The molecule has 3 aliphatic rings. The molecule has 0 aliphatic carbocycles. The molecule has 2 saturated heterocycles. The van der Waals surface area contributed by atoms with Crippen LogP contribution in [-0.4, -0.2) is 151 Å². The van der Waals surface area contributed by atoms with E-state index in [1.807, 2.05) is 45.8 Å². The van der Waals surface area contributed by atoms with Crippen LogP contribution in [0.25, 0.3) is 0 Å². The van der Waals surface area contributed by atoms with Crippen molar-refractivity contribution in [3.8, 4) is 0 Å². The zero-order valence-corrected chi connectivity index (χ0v) is 45.4. The highest BCUT2D eigenvalue weighted by Crippen LogP contribution is 2.42. The van der Waals surface area contributed by atoms with Crippen LogP contribution < -0.4 is 0 Å². The predicted octanol–water partition coefficient (Wildman–Crippen LogP) is 8.01. The SMILES string of the molecule is CC[C@H]1OC(=O)[C@H](C)[C@@H](O[C@H]2C[C@@](C)(OC)[C@@H](OC(=O)c3ccccc3)[C@H](C)O2)[C@H](C)[C@@H](O[C@@H]2O[C@H](C)C[C@H](N(C)C)[C@H]2OC(=O)c2ccccc2)[C@@](C)(OC)C[C@@H](C)C(=O)/C(C)=C/[C@]1(C)OC(=O)n1ccnc1. The molecule has 16 atom stereocenters. The van der Waals surface area contributed by atoms with Crippen LogP contribution >= 0.6 is 0 Å². The largest absolute Gasteiger partial charge is 0.457 e. The molecule has 406 valence electrons. The first-order valence-corrected chi connectivity index (χ1v) is 25.5. The molecule has 6 rings (SSSR count). The van der Waals surface area contributed by atoms with Crippen molar-refractivity contribution in [2.45, 2.75) is 173 Å². The van der Waals surface area contributed by atoms with Crippen LogP contribution in [0.5, 0.6) is 0 Å². The molecule has 3 aliphatic heterocycles. The standard InChI is InChI=1S/C56H77N3O15/c1-15-42-54(8,74-53(64)59-27-26-57-32-59)29-33(2)44(60)34(3)30-55(9,65-13)47(73-52-46(41(58(11)12)28-35(4)67-52)71-50(62)39-22-18-16-19-23-39)36(5)45(37(6)49(61)69-42)70-43-31-56(10,66-14)48(38(7)68-43)72-51(63)40-24-20-17-21-25-40/h16-27,29,32,34-38,41-43,45-48,52H,15,28,30-31H2,1-14H3/b33-29+/t34-,35-,36+,37-,38+,41+,42-,43+,45+,46-,47-,48+,52+,54+,55+,56-/m1/s1. The highest BCUT2D eigenvalue weighted by molar-refractivity contribution is 5.96. The molecule has 18 nitrogen and oxygen atoms in total. The number of rotatable bonds is 13. The molecule has 1 aromatic heterocycles. The van der Waals surface area contributed by atoms with E-state index in [1.165, 1.54) is 39.0 Å². The molecular weight excluding hydrogens is 955 g/mol. The van der Waals surface area contributed by atoms with E-state index in [4.69, 9.17) is 47.4 Å². The Morgan fingerprint density at radius 1 is 0.797 bits per heavy atom. The Hall–Kier alpha value is -5.34. The van der Waals surface area contributed by atoms with Crippen LogP contribution in [0.3, 0.4) is 0 Å². The fourth-order valence-corrected chi connectivity index (χ4v) is 10.8. The number of ketones is 1. The van der Waals surface area contributed by atoms with Gasteiger partial charge in [-0.15, -0.1) is 0 Å². The molecule has 18 heteroatoms. The van der Waals surface area contributed by atoms with E-state index in [9.17, 15) is 19.2 Å². The highest BCUT2D eigenvalue weighted by atomic mass is 16.7. The van der Waals surface area contributed by atoms with Gasteiger partial charge in [-0.1, -0.05) is 57.2 Å². The van der Waals surface area contributed by atoms with Crippen molar-refractivity contribution in [2.24, 2.45) is 17.8 Å². The molecule has 0 unspecified atom stereocenters. The Morgan fingerprint density at radius 3 is 1.95 bits per heavy atom. The molecule has 4 heterocycles. The van der Waals surface area contributed by atoms with E-state index >= 15 is 4.79 Å². The number of likely N-dealkylation sites (N-methyl/N-ethyl adjacent to an activating group) is 1. The second-order valence-electron chi connectivity index (χ2n) is 21.0. The number of Topliss-reactive ketones (excluding diaryl/α,β-unsaturated/α-hetero) is 1. The molecule has 0 amide bonds. The summed E-state index contributed by atoms with van der Waals surface area (Å²) in [5.41, 5.74) is -3.23. The third-order valence-corrected chi connectivity index (χ3v) is 15.0. The number of hydrogen-bond acceptors (Lipinski definition) is 17. The zero-order chi connectivity index (χ0) is 54.3. The molecule has 0 N–H and O–H groups in total. The Morgan fingerprint density at radius 2 is 1.39 bits per heavy atom. The number of cyclic esters (lactones) is 1. The first kappa shape index (κ1) is 57.9. The Kier molecular flexibility index (Phi) is 19.2. The second kappa shape index (κ2) is 24.6. The van der Waals surface area contributed by atoms with E-state index in [-0.39, 0.29) is 42.8 Å². The van der Waals surface area contributed by atoms with Crippen molar-refractivity contribution < 1.29 is 71.3 Å². The quantitative estimate of drug-likeness (QED) is 0.118. The maximum atomic E-state index is 15.1. The summed E-state index contributed by atoms with van der Waals surface area (Å²) in [6.45, 7) is 17.6. The van der Waals surface area contributed by atoms with Gasteiger partial charge in [0.2, 0.25) is 0 Å². The smallest absolute Gasteiger partial charge is 0.420 e. The number of esters is 3. The lowest BCUT2D eigenvalue weighted by Gasteiger charge is -2.50. The summed E-state index contributed by atoms with van der Waals surface area (Å²) < 4.78 is 66.4. The lowest BCUT2D eigenvalue weighted by Crippen LogP contribution is -2.61. The van der Waals surface area contributed by atoms with Crippen molar-refractivity contribution >= 4 is 29.8 Å². The summed E-state index contributed by atoms with van der Waals surface area (Å²) in [5.74, 6) is -4.85. The zero-order valence-electron chi connectivity index (χ0n) is 45.4. The normalized spacial score (nSPS) is 36.1. The Balaban J connectivity index is 1.47. The minimum Gasteiger partial charge on any atom is -0.457 e. The molecule has 0 radical (unpaired) electrons. The molecule has 3 aromatic rings. The molecular formula is C56H77N3O15. The molecule has 74 heavy (non-hydrogen) atoms. The van der Waals surface area contributed by atoms with E-state index in [0.29, 0.717) is 17.5 Å². The monoisotopic (exact) mass is 1030 g/mol. The van der Waals surface area contributed by atoms with Crippen LogP contribution in [0.15, 0.2) is 91.0 Å².